The number of carbonyl (C=O) groups is 2. The Bertz CT molecular complexity index is 903. The van der Waals surface area contributed by atoms with Crippen LogP contribution in [0.5, 0.6) is 0 Å². The monoisotopic (exact) mass is 381 g/mol. The van der Waals surface area contributed by atoms with E-state index in [1.54, 1.807) is 14.1 Å². The van der Waals surface area contributed by atoms with Gasteiger partial charge in [0.05, 0.1) is 5.56 Å². The van der Waals surface area contributed by atoms with E-state index in [0.717, 1.165) is 18.2 Å². The molecule has 0 bridgehead atoms. The Morgan fingerprint density at radius 2 is 1.78 bits per heavy atom. The second kappa shape index (κ2) is 7.73. The lowest BCUT2D eigenvalue weighted by atomic mass is 9.89. The number of carbonyl (C=O) groups excluding carboxylic acids is 2. The number of nitrogens with one attached hydrogen (secondary N) is 1. The summed E-state index contributed by atoms with van der Waals surface area (Å²) in [5.74, 6) is -1.67. The Kier molecular flexibility index (Phi) is 5.82. The fourth-order valence-corrected chi connectivity index (χ4v) is 2.49. The van der Waals surface area contributed by atoms with Crippen LogP contribution in [0.4, 0.5) is 19.1 Å². The minimum Gasteiger partial charge on any atom is -0.348 e. The first-order valence-corrected chi connectivity index (χ1v) is 7.98. The van der Waals surface area contributed by atoms with Crippen molar-refractivity contribution in [2.45, 2.75) is 25.4 Å². The first kappa shape index (κ1) is 20.3. The van der Waals surface area contributed by atoms with Crippen LogP contribution >= 0.6 is 0 Å². The van der Waals surface area contributed by atoms with Crippen LogP contribution in [0.25, 0.3) is 0 Å². The zero-order chi connectivity index (χ0) is 20.4. The highest BCUT2D eigenvalue weighted by molar-refractivity contribution is 5.98. The number of ketones is 2. The van der Waals surface area contributed by atoms with Gasteiger partial charge in [-0.3, -0.25) is 19.4 Å². The van der Waals surface area contributed by atoms with Crippen molar-refractivity contribution in [3.8, 4) is 0 Å². The fourth-order valence-electron chi connectivity index (χ4n) is 2.49. The smallest absolute Gasteiger partial charge is 0.348 e. The van der Waals surface area contributed by atoms with Gasteiger partial charge in [-0.1, -0.05) is 12.1 Å². The van der Waals surface area contributed by atoms with E-state index in [2.05, 4.69) is 9.97 Å². The highest BCUT2D eigenvalue weighted by Gasteiger charge is 2.31. The van der Waals surface area contributed by atoms with Crippen LogP contribution in [-0.4, -0.2) is 35.6 Å². The van der Waals surface area contributed by atoms with Crippen molar-refractivity contribution < 1.29 is 22.8 Å². The summed E-state index contributed by atoms with van der Waals surface area (Å²) in [4.78, 5) is 44.2. The highest BCUT2D eigenvalue weighted by Crippen LogP contribution is 2.31. The number of hydrogen-bond acceptors (Lipinski definition) is 5. The van der Waals surface area contributed by atoms with Crippen molar-refractivity contribution in [3.05, 3.63) is 57.5 Å². The Balaban J connectivity index is 2.30. The number of H-pyrrole nitrogens is 1. The summed E-state index contributed by atoms with van der Waals surface area (Å²) in [7, 11) is 3.26. The molecule has 1 aromatic heterocycles. The van der Waals surface area contributed by atoms with Crippen LogP contribution in [0.15, 0.2) is 35.1 Å². The van der Waals surface area contributed by atoms with E-state index in [1.807, 2.05) is 0 Å². The lowest BCUT2D eigenvalue weighted by Gasteiger charge is -2.15. The quantitative estimate of drug-likeness (QED) is 0.778. The van der Waals surface area contributed by atoms with Gasteiger partial charge < -0.3 is 4.90 Å². The number of nitrogens with zero attached hydrogens (tertiary/aromatic N) is 2. The van der Waals surface area contributed by atoms with Gasteiger partial charge in [-0.15, -0.1) is 0 Å². The SMILES string of the molecule is CC(=O)C(CC(=O)c1cc(=O)[nH]c(N(C)C)n1)c1ccc(C(F)(F)F)cc1. The molecule has 0 aliphatic heterocycles. The van der Waals surface area contributed by atoms with Gasteiger partial charge in [-0.2, -0.15) is 13.2 Å². The van der Waals surface area contributed by atoms with Crippen LogP contribution in [-0.2, 0) is 11.0 Å². The molecule has 0 spiro atoms. The average Bonchev–Trinajstić information content (AvgIpc) is 2.58. The van der Waals surface area contributed by atoms with Crippen molar-refractivity contribution in [1.29, 1.82) is 0 Å². The van der Waals surface area contributed by atoms with E-state index in [0.29, 0.717) is 5.56 Å². The Labute approximate surface area is 153 Å². The molecular weight excluding hydrogens is 363 g/mol. The molecule has 2 aromatic rings. The summed E-state index contributed by atoms with van der Waals surface area (Å²) < 4.78 is 38.1. The second-order valence-corrected chi connectivity index (χ2v) is 6.26. The molecule has 0 saturated heterocycles. The number of aromatic nitrogens is 2. The molecule has 9 heteroatoms. The minimum atomic E-state index is -4.49. The molecule has 1 atom stereocenters. The molecule has 1 unspecified atom stereocenters. The minimum absolute atomic E-state index is 0.111. The topological polar surface area (TPSA) is 83.1 Å². The molecule has 1 aromatic carbocycles. The molecule has 0 fully saturated rings. The van der Waals surface area contributed by atoms with Crippen LogP contribution in [0.3, 0.4) is 0 Å². The summed E-state index contributed by atoms with van der Waals surface area (Å²) in [5.41, 5.74) is -1.18. The predicted molar refractivity (Wildman–Crippen MR) is 93.0 cm³/mol. The number of alkyl halides is 3. The molecule has 1 heterocycles. The fraction of sp³-hybridized carbons (Fsp3) is 0.333. The van der Waals surface area contributed by atoms with E-state index >= 15 is 0 Å². The van der Waals surface area contributed by atoms with Crippen LogP contribution in [0.1, 0.15) is 40.9 Å². The maximum absolute atomic E-state index is 12.7. The summed E-state index contributed by atoms with van der Waals surface area (Å²) in [6.45, 7) is 1.26. The van der Waals surface area contributed by atoms with Crippen LogP contribution in [0.2, 0.25) is 0 Å². The van der Waals surface area contributed by atoms with Crippen LogP contribution < -0.4 is 10.5 Å². The predicted octanol–water partition coefficient (Wildman–Crippen LogP) is 2.80. The molecule has 6 nitrogen and oxygen atoms in total. The summed E-state index contributed by atoms with van der Waals surface area (Å²) >= 11 is 0. The second-order valence-electron chi connectivity index (χ2n) is 6.26. The molecule has 0 aliphatic carbocycles. The first-order valence-electron chi connectivity index (χ1n) is 7.98. The lowest BCUT2D eigenvalue weighted by Crippen LogP contribution is -2.22. The highest BCUT2D eigenvalue weighted by atomic mass is 19.4. The van der Waals surface area contributed by atoms with E-state index < -0.39 is 29.0 Å². The number of hydrogen-bond donors (Lipinski definition) is 1. The van der Waals surface area contributed by atoms with Crippen molar-refractivity contribution in [2.75, 3.05) is 19.0 Å². The normalized spacial score (nSPS) is 12.5. The Morgan fingerprint density at radius 3 is 2.26 bits per heavy atom. The van der Waals surface area contributed by atoms with Crippen LogP contribution in [0, 0.1) is 0 Å². The van der Waals surface area contributed by atoms with Crippen molar-refractivity contribution in [1.82, 2.24) is 9.97 Å². The molecular formula is C18H18F3N3O3. The molecule has 144 valence electrons. The van der Waals surface area contributed by atoms with E-state index in [-0.39, 0.29) is 23.8 Å². The largest absolute Gasteiger partial charge is 0.416 e. The van der Waals surface area contributed by atoms with E-state index in [1.165, 1.54) is 24.0 Å². The third kappa shape index (κ3) is 5.02. The van der Waals surface area contributed by atoms with Crippen molar-refractivity contribution in [3.63, 3.8) is 0 Å². The molecule has 1 N–H and O–H groups in total. The lowest BCUT2D eigenvalue weighted by molar-refractivity contribution is -0.137. The molecule has 2 rings (SSSR count). The molecule has 0 amide bonds. The molecule has 0 aliphatic rings. The van der Waals surface area contributed by atoms with Gasteiger partial charge in [0.25, 0.3) is 5.56 Å². The zero-order valence-electron chi connectivity index (χ0n) is 14.9. The van der Waals surface area contributed by atoms with Crippen molar-refractivity contribution >= 4 is 17.5 Å². The average molecular weight is 381 g/mol. The Morgan fingerprint density at radius 1 is 1.19 bits per heavy atom. The molecule has 27 heavy (non-hydrogen) atoms. The summed E-state index contributed by atoms with van der Waals surface area (Å²) in [5, 5.41) is 0. The van der Waals surface area contributed by atoms with Crippen molar-refractivity contribution in [2.24, 2.45) is 0 Å². The van der Waals surface area contributed by atoms with Gasteiger partial charge in [-0.25, -0.2) is 4.98 Å². The number of benzene rings is 1. The standard InChI is InChI=1S/C18H18F3N3O3/c1-10(25)13(11-4-6-12(7-5-11)18(19,20)21)8-15(26)14-9-16(27)23-17(22-14)24(2)3/h4-7,9,13H,8H2,1-3H3,(H,22,23,27). The van der Waals surface area contributed by atoms with Gasteiger partial charge >= 0.3 is 6.18 Å². The van der Waals surface area contributed by atoms with Gasteiger partial charge in [0.15, 0.2) is 5.78 Å². The van der Waals surface area contributed by atoms with Gasteiger partial charge in [-0.05, 0) is 24.6 Å². The number of Topliss-reactive ketones (excluding diaryl/α,β-unsaturated/α-hetero) is 2. The van der Waals surface area contributed by atoms with E-state index in [4.69, 9.17) is 0 Å². The maximum atomic E-state index is 12.7. The summed E-state index contributed by atoms with van der Waals surface area (Å²) in [6.07, 6.45) is -4.79. The number of rotatable bonds is 6. The number of aromatic amines is 1. The third-order valence-electron chi connectivity index (χ3n) is 3.96. The summed E-state index contributed by atoms with van der Waals surface area (Å²) in [6, 6.07) is 5.12. The number of anilines is 1. The first-order chi connectivity index (χ1) is 12.5. The Hall–Kier alpha value is -2.97. The zero-order valence-corrected chi connectivity index (χ0v) is 14.9. The molecule has 0 saturated carbocycles. The van der Waals surface area contributed by atoms with Gasteiger partial charge in [0.1, 0.15) is 11.5 Å². The van der Waals surface area contributed by atoms with Gasteiger partial charge in [0, 0.05) is 32.5 Å². The number of halogens is 3. The van der Waals surface area contributed by atoms with Gasteiger partial charge in [0.2, 0.25) is 5.95 Å². The van der Waals surface area contributed by atoms with E-state index in [9.17, 15) is 27.6 Å². The molecule has 0 radical (unpaired) electrons. The maximum Gasteiger partial charge on any atom is 0.416 e. The third-order valence-corrected chi connectivity index (χ3v) is 3.96.